The lowest BCUT2D eigenvalue weighted by atomic mass is 10.0. The summed E-state index contributed by atoms with van der Waals surface area (Å²) in [5.41, 5.74) is 4.95. The molecule has 1 aliphatic rings. The van der Waals surface area contributed by atoms with E-state index in [-0.39, 0.29) is 6.03 Å². The normalized spacial score (nSPS) is 13.9. The predicted molar refractivity (Wildman–Crippen MR) is 126 cm³/mol. The fourth-order valence-electron chi connectivity index (χ4n) is 3.47. The number of anilines is 2. The van der Waals surface area contributed by atoms with Gasteiger partial charge in [-0.15, -0.1) is 10.2 Å². The second kappa shape index (κ2) is 9.12. The number of amides is 2. The van der Waals surface area contributed by atoms with Gasteiger partial charge in [-0.3, -0.25) is 0 Å². The Balaban J connectivity index is 1.36. The second-order valence-electron chi connectivity index (χ2n) is 7.60. The summed E-state index contributed by atoms with van der Waals surface area (Å²) >= 11 is 12.1. The number of nitrogens with one attached hydrogen (secondary N) is 1. The van der Waals surface area contributed by atoms with E-state index in [1.807, 2.05) is 12.1 Å². The van der Waals surface area contributed by atoms with Gasteiger partial charge in [-0.1, -0.05) is 35.3 Å². The number of halogens is 2. The zero-order valence-electron chi connectivity index (χ0n) is 17.4. The van der Waals surface area contributed by atoms with Crippen molar-refractivity contribution in [1.29, 1.82) is 0 Å². The molecule has 1 aromatic heterocycles. The quantitative estimate of drug-likeness (QED) is 0.572. The van der Waals surface area contributed by atoms with Crippen molar-refractivity contribution in [2.24, 2.45) is 0 Å². The van der Waals surface area contributed by atoms with Crippen LogP contribution < -0.4 is 10.2 Å². The molecule has 1 N–H and O–H groups in total. The van der Waals surface area contributed by atoms with E-state index < -0.39 is 0 Å². The zero-order chi connectivity index (χ0) is 22.0. The zero-order valence-corrected chi connectivity index (χ0v) is 18.9. The monoisotopic (exact) mass is 455 g/mol. The number of aryl methyl sites for hydroxylation is 2. The highest BCUT2D eigenvalue weighted by molar-refractivity contribution is 6.36. The molecule has 0 atom stereocenters. The molecule has 2 amide bonds. The Labute approximate surface area is 191 Å². The molecule has 160 valence electrons. The first kappa shape index (κ1) is 21.4. The molecule has 2 aromatic carbocycles. The van der Waals surface area contributed by atoms with Crippen LogP contribution in [0.3, 0.4) is 0 Å². The average Bonchev–Trinajstić information content (AvgIpc) is 2.78. The Morgan fingerprint density at radius 1 is 0.903 bits per heavy atom. The van der Waals surface area contributed by atoms with Crippen LogP contribution in [0.15, 0.2) is 48.5 Å². The van der Waals surface area contributed by atoms with Gasteiger partial charge in [-0.2, -0.15) is 0 Å². The minimum absolute atomic E-state index is 0.181. The predicted octanol–water partition coefficient (Wildman–Crippen LogP) is 5.42. The Kier molecular flexibility index (Phi) is 6.30. The van der Waals surface area contributed by atoms with Gasteiger partial charge in [0.05, 0.1) is 16.4 Å². The smallest absolute Gasteiger partial charge is 0.322 e. The summed E-state index contributed by atoms with van der Waals surface area (Å²) in [6, 6.07) is 15.1. The number of hydrogen-bond donors (Lipinski definition) is 1. The molecule has 0 unspecified atom stereocenters. The molecular weight excluding hydrogens is 433 g/mol. The number of carbonyl (C=O) groups is 1. The lowest BCUT2D eigenvalue weighted by Crippen LogP contribution is -2.50. The fourth-order valence-corrected chi connectivity index (χ4v) is 3.93. The highest BCUT2D eigenvalue weighted by atomic mass is 35.5. The molecule has 1 fully saturated rings. The molecule has 0 saturated carbocycles. The summed E-state index contributed by atoms with van der Waals surface area (Å²) in [6.07, 6.45) is 0. The van der Waals surface area contributed by atoms with Crippen LogP contribution in [0.4, 0.5) is 16.3 Å². The van der Waals surface area contributed by atoms with E-state index in [0.717, 1.165) is 17.1 Å². The third-order valence-corrected chi connectivity index (χ3v) is 6.06. The molecule has 0 radical (unpaired) electrons. The topological polar surface area (TPSA) is 61.4 Å². The third-order valence-electron chi connectivity index (χ3n) is 5.52. The van der Waals surface area contributed by atoms with Crippen LogP contribution in [0.1, 0.15) is 11.1 Å². The molecular formula is C23H23Cl2N5O. The van der Waals surface area contributed by atoms with E-state index in [9.17, 15) is 4.79 Å². The van der Waals surface area contributed by atoms with E-state index in [1.165, 1.54) is 11.1 Å². The van der Waals surface area contributed by atoms with Crippen molar-refractivity contribution in [1.82, 2.24) is 15.1 Å². The van der Waals surface area contributed by atoms with Crippen molar-refractivity contribution in [2.75, 3.05) is 36.4 Å². The minimum Gasteiger partial charge on any atom is -0.352 e. The van der Waals surface area contributed by atoms with Gasteiger partial charge in [0.15, 0.2) is 5.82 Å². The van der Waals surface area contributed by atoms with Crippen molar-refractivity contribution in [3.8, 4) is 11.3 Å². The molecule has 0 aliphatic carbocycles. The van der Waals surface area contributed by atoms with E-state index >= 15 is 0 Å². The maximum absolute atomic E-state index is 12.6. The molecule has 1 saturated heterocycles. The van der Waals surface area contributed by atoms with Crippen LogP contribution in [0.2, 0.25) is 10.0 Å². The van der Waals surface area contributed by atoms with Gasteiger partial charge in [0.1, 0.15) is 0 Å². The molecule has 3 aromatic rings. The highest BCUT2D eigenvalue weighted by Gasteiger charge is 2.22. The molecule has 0 bridgehead atoms. The number of nitrogens with zero attached hydrogens (tertiary/aromatic N) is 4. The Bertz CT molecular complexity index is 1100. The van der Waals surface area contributed by atoms with Crippen molar-refractivity contribution in [3.05, 3.63) is 69.7 Å². The summed E-state index contributed by atoms with van der Waals surface area (Å²) in [5, 5.41) is 12.6. The van der Waals surface area contributed by atoms with Crippen molar-refractivity contribution in [3.63, 3.8) is 0 Å². The van der Waals surface area contributed by atoms with Gasteiger partial charge in [0.2, 0.25) is 0 Å². The molecule has 6 nitrogen and oxygen atoms in total. The molecule has 4 rings (SSSR count). The first-order valence-electron chi connectivity index (χ1n) is 10.1. The molecule has 31 heavy (non-hydrogen) atoms. The fraction of sp³-hybridized carbons (Fsp3) is 0.261. The first-order chi connectivity index (χ1) is 14.9. The Morgan fingerprint density at radius 3 is 2.32 bits per heavy atom. The van der Waals surface area contributed by atoms with Crippen LogP contribution in [0, 0.1) is 13.8 Å². The van der Waals surface area contributed by atoms with Crippen molar-refractivity contribution in [2.45, 2.75) is 13.8 Å². The number of hydrogen-bond acceptors (Lipinski definition) is 4. The van der Waals surface area contributed by atoms with Gasteiger partial charge < -0.3 is 15.1 Å². The number of aromatic nitrogens is 2. The first-order valence-corrected chi connectivity index (χ1v) is 10.8. The number of urea groups is 1. The third kappa shape index (κ3) is 4.92. The lowest BCUT2D eigenvalue weighted by Gasteiger charge is -2.35. The second-order valence-corrected chi connectivity index (χ2v) is 8.45. The lowest BCUT2D eigenvalue weighted by molar-refractivity contribution is 0.208. The SMILES string of the molecule is Cc1ccc(-c2ccc(N3CCN(C(=O)Nc4ccc(Cl)cc4Cl)CC3)nn2)cc1C. The van der Waals surface area contributed by atoms with Crippen molar-refractivity contribution < 1.29 is 4.79 Å². The van der Waals surface area contributed by atoms with E-state index in [4.69, 9.17) is 23.2 Å². The minimum atomic E-state index is -0.181. The summed E-state index contributed by atoms with van der Waals surface area (Å²) in [5.74, 6) is 0.813. The average molecular weight is 456 g/mol. The van der Waals surface area contributed by atoms with Gasteiger partial charge in [-0.05, 0) is 61.4 Å². The van der Waals surface area contributed by atoms with E-state index in [2.05, 4.69) is 52.5 Å². The van der Waals surface area contributed by atoms with E-state index in [1.54, 1.807) is 23.1 Å². The van der Waals surface area contributed by atoms with Gasteiger partial charge in [-0.25, -0.2) is 4.79 Å². The summed E-state index contributed by atoms with van der Waals surface area (Å²) in [7, 11) is 0. The maximum atomic E-state index is 12.6. The number of benzene rings is 2. The maximum Gasteiger partial charge on any atom is 0.322 e. The summed E-state index contributed by atoms with van der Waals surface area (Å²) < 4.78 is 0. The summed E-state index contributed by atoms with van der Waals surface area (Å²) in [6.45, 7) is 6.71. The van der Waals surface area contributed by atoms with Crippen LogP contribution in [0.25, 0.3) is 11.3 Å². The van der Waals surface area contributed by atoms with Crippen LogP contribution in [-0.4, -0.2) is 47.3 Å². The van der Waals surface area contributed by atoms with Crippen molar-refractivity contribution >= 4 is 40.7 Å². The van der Waals surface area contributed by atoms with E-state index in [0.29, 0.717) is 41.9 Å². The Morgan fingerprint density at radius 2 is 1.68 bits per heavy atom. The van der Waals surface area contributed by atoms with Crippen LogP contribution in [-0.2, 0) is 0 Å². The van der Waals surface area contributed by atoms with Gasteiger partial charge in [0, 0.05) is 36.8 Å². The molecule has 8 heteroatoms. The van der Waals surface area contributed by atoms with Gasteiger partial charge >= 0.3 is 6.03 Å². The summed E-state index contributed by atoms with van der Waals surface area (Å²) in [4.78, 5) is 16.5. The molecule has 1 aliphatic heterocycles. The number of piperazine rings is 1. The van der Waals surface area contributed by atoms with Gasteiger partial charge in [0.25, 0.3) is 0 Å². The molecule has 2 heterocycles. The van der Waals surface area contributed by atoms with Crippen LogP contribution in [0.5, 0.6) is 0 Å². The Hall–Kier alpha value is -2.83. The highest BCUT2D eigenvalue weighted by Crippen LogP contribution is 2.26. The number of rotatable bonds is 3. The molecule has 0 spiro atoms. The largest absolute Gasteiger partial charge is 0.352 e. The van der Waals surface area contributed by atoms with Crippen LogP contribution >= 0.6 is 23.2 Å². The standard InChI is InChI=1S/C23H23Cl2N5O/c1-15-3-4-17(13-16(15)2)20-7-8-22(28-27-20)29-9-11-30(12-10-29)23(31)26-21-6-5-18(24)14-19(21)25/h3-8,13-14H,9-12H2,1-2H3,(H,26,31). The number of carbonyl (C=O) groups excluding carboxylic acids is 1.